The molecular weight excluding hydrogens is 298 g/mol. The Morgan fingerprint density at radius 1 is 1.21 bits per heavy atom. The number of anilines is 1. The van der Waals surface area contributed by atoms with Gasteiger partial charge in [-0.15, -0.1) is 0 Å². The zero-order valence-corrected chi connectivity index (χ0v) is 14.6. The molecule has 0 saturated carbocycles. The Morgan fingerprint density at radius 2 is 2.00 bits per heavy atom. The molecule has 2 aliphatic rings. The minimum Gasteiger partial charge on any atom is -0.461 e. The Hall–Kier alpha value is -2.29. The van der Waals surface area contributed by atoms with E-state index in [1.165, 1.54) is 24.0 Å². The van der Waals surface area contributed by atoms with E-state index in [1.54, 1.807) is 0 Å². The van der Waals surface area contributed by atoms with Crippen LogP contribution in [0.5, 0.6) is 0 Å². The van der Waals surface area contributed by atoms with Crippen LogP contribution in [0, 0.1) is 13.8 Å². The lowest BCUT2D eigenvalue weighted by atomic mass is 9.93. The summed E-state index contributed by atoms with van der Waals surface area (Å²) in [6.07, 6.45) is 7.46. The maximum absolute atomic E-state index is 12.5. The molecule has 24 heavy (non-hydrogen) atoms. The number of benzene rings is 1. The second kappa shape index (κ2) is 5.66. The van der Waals surface area contributed by atoms with Gasteiger partial charge in [-0.1, -0.05) is 13.0 Å². The number of nitrogens with one attached hydrogen (secondary N) is 1. The van der Waals surface area contributed by atoms with E-state index in [1.807, 2.05) is 12.1 Å². The molecule has 2 heterocycles. The molecule has 2 aromatic rings. The Kier molecular flexibility index (Phi) is 3.60. The van der Waals surface area contributed by atoms with Gasteiger partial charge < -0.3 is 9.73 Å². The summed E-state index contributed by atoms with van der Waals surface area (Å²) in [6.45, 7) is 6.28. The summed E-state index contributed by atoms with van der Waals surface area (Å²) < 4.78 is 6.16. The van der Waals surface area contributed by atoms with Gasteiger partial charge in [-0.05, 0) is 68.4 Å². The van der Waals surface area contributed by atoms with Gasteiger partial charge in [0.25, 0.3) is 5.91 Å². The molecule has 1 aromatic heterocycles. The first-order valence-corrected chi connectivity index (χ1v) is 8.86. The summed E-state index contributed by atoms with van der Waals surface area (Å²) in [7, 11) is 0. The molecule has 1 N–H and O–H groups in total. The predicted octanol–water partition coefficient (Wildman–Crippen LogP) is 4.83. The van der Waals surface area contributed by atoms with Gasteiger partial charge in [0.05, 0.1) is 5.57 Å². The fraction of sp³-hybridized carbons (Fsp3) is 0.381. The van der Waals surface area contributed by atoms with Gasteiger partial charge in [0.1, 0.15) is 11.5 Å². The van der Waals surface area contributed by atoms with Gasteiger partial charge >= 0.3 is 0 Å². The third kappa shape index (κ3) is 2.31. The highest BCUT2D eigenvalue weighted by molar-refractivity contribution is 6.35. The van der Waals surface area contributed by atoms with Gasteiger partial charge in [-0.3, -0.25) is 4.79 Å². The molecule has 124 valence electrons. The predicted molar refractivity (Wildman–Crippen MR) is 97.1 cm³/mol. The van der Waals surface area contributed by atoms with E-state index >= 15 is 0 Å². The average molecular weight is 321 g/mol. The van der Waals surface area contributed by atoms with Crippen molar-refractivity contribution >= 4 is 23.2 Å². The van der Waals surface area contributed by atoms with Gasteiger partial charge in [-0.25, -0.2) is 0 Å². The van der Waals surface area contributed by atoms with Crippen LogP contribution in [-0.4, -0.2) is 5.91 Å². The maximum Gasteiger partial charge on any atom is 0.256 e. The molecule has 1 aromatic carbocycles. The van der Waals surface area contributed by atoms with E-state index in [-0.39, 0.29) is 5.91 Å². The number of fused-ring (bicyclic) bond motifs is 2. The first-order chi connectivity index (χ1) is 11.6. The first-order valence-electron chi connectivity index (χ1n) is 8.86. The SMILES string of the molecule is CCc1c(C=C2C(=O)Nc3cc(C)cc(C)c32)oc2c1CCCC2. The van der Waals surface area contributed by atoms with E-state index < -0.39 is 0 Å². The van der Waals surface area contributed by atoms with Crippen LogP contribution in [0.1, 0.15) is 59.1 Å². The molecule has 1 aliphatic carbocycles. The van der Waals surface area contributed by atoms with E-state index in [0.717, 1.165) is 58.7 Å². The van der Waals surface area contributed by atoms with Crippen LogP contribution in [0.15, 0.2) is 16.5 Å². The summed E-state index contributed by atoms with van der Waals surface area (Å²) in [4.78, 5) is 12.5. The molecule has 0 radical (unpaired) electrons. The molecule has 3 nitrogen and oxygen atoms in total. The van der Waals surface area contributed by atoms with Gasteiger partial charge in [0, 0.05) is 23.2 Å². The molecule has 1 aliphatic heterocycles. The van der Waals surface area contributed by atoms with Gasteiger partial charge in [0.2, 0.25) is 0 Å². The fourth-order valence-electron chi connectivity index (χ4n) is 4.15. The zero-order valence-electron chi connectivity index (χ0n) is 14.6. The number of furan rings is 1. The lowest BCUT2D eigenvalue weighted by molar-refractivity contribution is -0.110. The lowest BCUT2D eigenvalue weighted by Crippen LogP contribution is -2.04. The Labute approximate surface area is 142 Å². The topological polar surface area (TPSA) is 42.2 Å². The molecule has 4 rings (SSSR count). The quantitative estimate of drug-likeness (QED) is 0.805. The van der Waals surface area contributed by atoms with Crippen LogP contribution < -0.4 is 5.32 Å². The van der Waals surface area contributed by atoms with Crippen LogP contribution in [0.3, 0.4) is 0 Å². The first kappa shape index (κ1) is 15.3. The second-order valence-corrected chi connectivity index (χ2v) is 6.92. The summed E-state index contributed by atoms with van der Waals surface area (Å²) in [6, 6.07) is 4.16. The number of carbonyl (C=O) groups is 1. The van der Waals surface area contributed by atoms with Crippen LogP contribution in [0.4, 0.5) is 5.69 Å². The smallest absolute Gasteiger partial charge is 0.256 e. The van der Waals surface area contributed by atoms with Crippen LogP contribution in [0.25, 0.3) is 11.6 Å². The van der Waals surface area contributed by atoms with E-state index in [0.29, 0.717) is 0 Å². The van der Waals surface area contributed by atoms with Crippen molar-refractivity contribution in [2.75, 3.05) is 5.32 Å². The number of carbonyl (C=O) groups excluding carboxylic acids is 1. The highest BCUT2D eigenvalue weighted by Crippen LogP contribution is 2.38. The third-order valence-corrected chi connectivity index (χ3v) is 5.18. The van der Waals surface area contributed by atoms with Crippen molar-refractivity contribution in [1.29, 1.82) is 0 Å². The van der Waals surface area contributed by atoms with Crippen molar-refractivity contribution in [1.82, 2.24) is 0 Å². The van der Waals surface area contributed by atoms with E-state index in [4.69, 9.17) is 4.42 Å². The second-order valence-electron chi connectivity index (χ2n) is 6.92. The van der Waals surface area contributed by atoms with Crippen molar-refractivity contribution in [2.45, 2.75) is 52.9 Å². The van der Waals surface area contributed by atoms with Crippen LogP contribution >= 0.6 is 0 Å². The lowest BCUT2D eigenvalue weighted by Gasteiger charge is -2.09. The highest BCUT2D eigenvalue weighted by atomic mass is 16.3. The molecule has 0 fully saturated rings. The Bertz CT molecular complexity index is 870. The number of hydrogen-bond acceptors (Lipinski definition) is 2. The van der Waals surface area contributed by atoms with E-state index in [2.05, 4.69) is 32.2 Å². The summed E-state index contributed by atoms with van der Waals surface area (Å²) >= 11 is 0. The third-order valence-electron chi connectivity index (χ3n) is 5.18. The largest absolute Gasteiger partial charge is 0.461 e. The monoisotopic (exact) mass is 321 g/mol. The zero-order chi connectivity index (χ0) is 16.8. The van der Waals surface area contributed by atoms with Crippen molar-refractivity contribution in [3.05, 3.63) is 51.5 Å². The number of hydrogen-bond donors (Lipinski definition) is 1. The molecule has 3 heteroatoms. The minimum absolute atomic E-state index is 0.0323. The van der Waals surface area contributed by atoms with Crippen LogP contribution in [-0.2, 0) is 24.1 Å². The van der Waals surface area contributed by atoms with Crippen molar-refractivity contribution < 1.29 is 9.21 Å². The average Bonchev–Trinajstić information content (AvgIpc) is 3.04. The maximum atomic E-state index is 12.5. The summed E-state index contributed by atoms with van der Waals surface area (Å²) in [5.41, 5.74) is 7.61. The molecular formula is C21H23NO2. The number of aryl methyl sites for hydroxylation is 3. The van der Waals surface area contributed by atoms with Gasteiger partial charge in [-0.2, -0.15) is 0 Å². The summed E-state index contributed by atoms with van der Waals surface area (Å²) in [5, 5.41) is 3.00. The number of amides is 1. The number of rotatable bonds is 2. The molecule has 0 spiro atoms. The van der Waals surface area contributed by atoms with Crippen molar-refractivity contribution in [2.24, 2.45) is 0 Å². The van der Waals surface area contributed by atoms with Crippen molar-refractivity contribution in [3.8, 4) is 0 Å². The standard InChI is InChI=1S/C21H23NO2/c1-4-14-15-7-5-6-8-18(15)24-19(14)11-16-20-13(3)9-12(2)10-17(20)22-21(16)23/h9-11H,4-8H2,1-3H3,(H,22,23). The minimum atomic E-state index is -0.0323. The van der Waals surface area contributed by atoms with Crippen molar-refractivity contribution in [3.63, 3.8) is 0 Å². The summed E-state index contributed by atoms with van der Waals surface area (Å²) in [5.74, 6) is 1.97. The normalized spacial score (nSPS) is 17.8. The Balaban J connectivity index is 1.86. The Morgan fingerprint density at radius 3 is 2.79 bits per heavy atom. The van der Waals surface area contributed by atoms with Gasteiger partial charge in [0.15, 0.2) is 0 Å². The fourth-order valence-corrected chi connectivity index (χ4v) is 4.15. The molecule has 1 amide bonds. The molecule has 0 saturated heterocycles. The highest BCUT2D eigenvalue weighted by Gasteiger charge is 2.28. The van der Waals surface area contributed by atoms with Crippen LogP contribution in [0.2, 0.25) is 0 Å². The molecule has 0 unspecified atom stereocenters. The molecule has 0 atom stereocenters. The van der Waals surface area contributed by atoms with E-state index in [9.17, 15) is 4.79 Å². The molecule has 0 bridgehead atoms.